The maximum absolute atomic E-state index is 12.3. The van der Waals surface area contributed by atoms with Crippen molar-refractivity contribution in [2.24, 2.45) is 0 Å². The Bertz CT molecular complexity index is 656. The Kier molecular flexibility index (Phi) is 4.83. The van der Waals surface area contributed by atoms with E-state index in [-0.39, 0.29) is 5.91 Å². The van der Waals surface area contributed by atoms with Crippen molar-refractivity contribution in [2.75, 3.05) is 12.4 Å². The molecule has 0 bridgehead atoms. The number of hydrogen-bond donors (Lipinski definition) is 1. The molecule has 1 amide bonds. The van der Waals surface area contributed by atoms with E-state index in [1.54, 1.807) is 25.3 Å². The lowest BCUT2D eigenvalue weighted by molar-refractivity contribution is 0.102. The number of nitrogens with one attached hydrogen (secondary N) is 1. The second-order valence-corrected chi connectivity index (χ2v) is 5.97. The number of carbonyl (C=O) groups is 1. The first kappa shape index (κ1) is 15.1. The van der Waals surface area contributed by atoms with Gasteiger partial charge in [0.05, 0.1) is 12.7 Å². The van der Waals surface area contributed by atoms with Gasteiger partial charge >= 0.3 is 0 Å². The second-order valence-electron chi connectivity index (χ2n) is 4.26. The van der Waals surface area contributed by atoms with Crippen LogP contribution < -0.4 is 10.1 Å². The summed E-state index contributed by atoms with van der Waals surface area (Å²) in [4.78, 5) is 12.3. The molecular weight excluding hydrogens is 386 g/mol. The van der Waals surface area contributed by atoms with Crippen LogP contribution in [0.3, 0.4) is 0 Å². The smallest absolute Gasteiger partial charge is 0.256 e. The minimum absolute atomic E-state index is 0.183. The Balaban J connectivity index is 2.25. The van der Waals surface area contributed by atoms with Gasteiger partial charge in [-0.2, -0.15) is 0 Å². The van der Waals surface area contributed by atoms with Crippen molar-refractivity contribution in [3.05, 3.63) is 56.5 Å². The van der Waals surface area contributed by atoms with Crippen LogP contribution in [0.4, 0.5) is 5.69 Å². The molecule has 3 nitrogen and oxygen atoms in total. The number of anilines is 1. The highest BCUT2D eigenvalue weighted by atomic mass is 79.9. The van der Waals surface area contributed by atoms with Crippen molar-refractivity contribution in [1.82, 2.24) is 0 Å². The number of aryl methyl sites for hydroxylation is 1. The van der Waals surface area contributed by atoms with Crippen LogP contribution in [-0.4, -0.2) is 13.0 Å². The second kappa shape index (κ2) is 6.41. The molecular formula is C15H13Br2NO2. The largest absolute Gasteiger partial charge is 0.497 e. The highest BCUT2D eigenvalue weighted by molar-refractivity contribution is 9.10. The summed E-state index contributed by atoms with van der Waals surface area (Å²) in [5.41, 5.74) is 2.35. The third-order valence-corrected chi connectivity index (χ3v) is 4.42. The Morgan fingerprint density at radius 1 is 1.10 bits per heavy atom. The van der Waals surface area contributed by atoms with Crippen molar-refractivity contribution in [1.29, 1.82) is 0 Å². The quantitative estimate of drug-likeness (QED) is 0.807. The van der Waals surface area contributed by atoms with Crippen LogP contribution in [0, 0.1) is 6.92 Å². The summed E-state index contributed by atoms with van der Waals surface area (Å²) in [7, 11) is 1.57. The Morgan fingerprint density at radius 3 is 2.45 bits per heavy atom. The molecule has 0 radical (unpaired) electrons. The molecule has 0 atom stereocenters. The molecule has 2 aromatic rings. The van der Waals surface area contributed by atoms with Crippen LogP contribution in [0.15, 0.2) is 45.3 Å². The van der Waals surface area contributed by atoms with E-state index in [9.17, 15) is 4.79 Å². The van der Waals surface area contributed by atoms with E-state index < -0.39 is 0 Å². The number of methoxy groups -OCH3 is 1. The summed E-state index contributed by atoms with van der Waals surface area (Å²) in [5.74, 6) is 0.461. The number of amides is 1. The van der Waals surface area contributed by atoms with E-state index in [0.717, 1.165) is 20.2 Å². The van der Waals surface area contributed by atoms with E-state index in [1.807, 2.05) is 25.1 Å². The summed E-state index contributed by atoms with van der Waals surface area (Å²) < 4.78 is 6.88. The molecule has 0 aliphatic heterocycles. The highest BCUT2D eigenvalue weighted by Gasteiger charge is 2.12. The molecule has 0 fully saturated rings. The van der Waals surface area contributed by atoms with Gasteiger partial charge in [-0.1, -0.05) is 15.9 Å². The van der Waals surface area contributed by atoms with Crippen LogP contribution in [0.5, 0.6) is 5.75 Å². The molecule has 0 aliphatic rings. The van der Waals surface area contributed by atoms with Crippen LogP contribution in [0.25, 0.3) is 0 Å². The van der Waals surface area contributed by atoms with Gasteiger partial charge in [-0.05, 0) is 64.8 Å². The average Bonchev–Trinajstić information content (AvgIpc) is 2.43. The first-order chi connectivity index (χ1) is 9.51. The van der Waals surface area contributed by atoms with Gasteiger partial charge in [-0.15, -0.1) is 0 Å². The summed E-state index contributed by atoms with van der Waals surface area (Å²) in [6.45, 7) is 1.97. The molecule has 0 aromatic heterocycles. The van der Waals surface area contributed by atoms with Gasteiger partial charge in [0, 0.05) is 14.6 Å². The number of benzene rings is 2. The van der Waals surface area contributed by atoms with Crippen molar-refractivity contribution in [2.45, 2.75) is 6.92 Å². The molecule has 1 N–H and O–H groups in total. The van der Waals surface area contributed by atoms with Crippen molar-refractivity contribution in [3.63, 3.8) is 0 Å². The SMILES string of the molecule is COc1ccc(Br)c(C(=O)Nc2ccc(Br)c(C)c2)c1. The maximum Gasteiger partial charge on any atom is 0.256 e. The Morgan fingerprint density at radius 2 is 1.80 bits per heavy atom. The van der Waals surface area contributed by atoms with Gasteiger partial charge in [0.2, 0.25) is 0 Å². The lowest BCUT2D eigenvalue weighted by Crippen LogP contribution is -2.12. The summed E-state index contributed by atoms with van der Waals surface area (Å²) in [5, 5.41) is 2.87. The third kappa shape index (κ3) is 3.41. The molecule has 0 heterocycles. The molecule has 5 heteroatoms. The molecule has 104 valence electrons. The van der Waals surface area contributed by atoms with Gasteiger partial charge in [-0.3, -0.25) is 4.79 Å². The van der Waals surface area contributed by atoms with E-state index in [1.165, 1.54) is 0 Å². The van der Waals surface area contributed by atoms with Gasteiger partial charge in [0.1, 0.15) is 5.75 Å². The van der Waals surface area contributed by atoms with Crippen LogP contribution in [0.2, 0.25) is 0 Å². The minimum atomic E-state index is -0.183. The van der Waals surface area contributed by atoms with Gasteiger partial charge in [-0.25, -0.2) is 0 Å². The maximum atomic E-state index is 12.3. The standard InChI is InChI=1S/C15H13Br2NO2/c1-9-7-10(3-5-13(9)16)18-15(19)12-8-11(20-2)4-6-14(12)17/h3-8H,1-2H3,(H,18,19). The van der Waals surface area contributed by atoms with Gasteiger partial charge in [0.15, 0.2) is 0 Å². The van der Waals surface area contributed by atoms with Crippen molar-refractivity contribution >= 4 is 43.5 Å². The number of rotatable bonds is 3. The molecule has 20 heavy (non-hydrogen) atoms. The highest BCUT2D eigenvalue weighted by Crippen LogP contribution is 2.25. The van der Waals surface area contributed by atoms with E-state index in [4.69, 9.17) is 4.74 Å². The van der Waals surface area contributed by atoms with E-state index in [2.05, 4.69) is 37.2 Å². The van der Waals surface area contributed by atoms with Crippen LogP contribution in [0.1, 0.15) is 15.9 Å². The fourth-order valence-electron chi connectivity index (χ4n) is 1.73. The fraction of sp³-hybridized carbons (Fsp3) is 0.133. The lowest BCUT2D eigenvalue weighted by atomic mass is 10.2. The predicted octanol–water partition coefficient (Wildman–Crippen LogP) is 4.78. The summed E-state index contributed by atoms with van der Waals surface area (Å²) >= 11 is 6.81. The molecule has 0 saturated carbocycles. The van der Waals surface area contributed by atoms with E-state index >= 15 is 0 Å². The molecule has 2 aromatic carbocycles. The lowest BCUT2D eigenvalue weighted by Gasteiger charge is -2.09. The summed E-state index contributed by atoms with van der Waals surface area (Å²) in [6.07, 6.45) is 0. The molecule has 0 saturated heterocycles. The fourth-order valence-corrected chi connectivity index (χ4v) is 2.40. The minimum Gasteiger partial charge on any atom is -0.497 e. The molecule has 0 unspecified atom stereocenters. The van der Waals surface area contributed by atoms with Gasteiger partial charge < -0.3 is 10.1 Å². The Labute approximate surface area is 134 Å². The first-order valence-electron chi connectivity index (χ1n) is 5.92. The monoisotopic (exact) mass is 397 g/mol. The number of carbonyl (C=O) groups excluding carboxylic acids is 1. The third-order valence-electron chi connectivity index (χ3n) is 2.83. The number of halogens is 2. The topological polar surface area (TPSA) is 38.3 Å². The van der Waals surface area contributed by atoms with E-state index in [0.29, 0.717) is 11.3 Å². The number of ether oxygens (including phenoxy) is 1. The molecule has 2 rings (SSSR count). The number of hydrogen-bond acceptors (Lipinski definition) is 2. The Hall–Kier alpha value is -1.33. The van der Waals surface area contributed by atoms with Gasteiger partial charge in [0.25, 0.3) is 5.91 Å². The van der Waals surface area contributed by atoms with Crippen molar-refractivity contribution in [3.8, 4) is 5.75 Å². The molecule has 0 aliphatic carbocycles. The zero-order valence-electron chi connectivity index (χ0n) is 11.0. The van der Waals surface area contributed by atoms with Crippen LogP contribution >= 0.6 is 31.9 Å². The molecule has 0 spiro atoms. The average molecular weight is 399 g/mol. The van der Waals surface area contributed by atoms with Crippen molar-refractivity contribution < 1.29 is 9.53 Å². The summed E-state index contributed by atoms with van der Waals surface area (Å²) in [6, 6.07) is 11.0. The zero-order valence-corrected chi connectivity index (χ0v) is 14.2. The predicted molar refractivity (Wildman–Crippen MR) is 87.5 cm³/mol. The normalized spacial score (nSPS) is 10.2. The zero-order chi connectivity index (χ0) is 14.7. The van der Waals surface area contributed by atoms with Crippen LogP contribution in [-0.2, 0) is 0 Å². The first-order valence-corrected chi connectivity index (χ1v) is 7.51.